The van der Waals surface area contributed by atoms with Crippen molar-refractivity contribution in [1.29, 1.82) is 0 Å². The second-order valence-corrected chi connectivity index (χ2v) is 4.73. The predicted molar refractivity (Wildman–Crippen MR) is 79.9 cm³/mol. The fraction of sp³-hybridized carbons (Fsp3) is 0.214. The fourth-order valence-electron chi connectivity index (χ4n) is 1.90. The van der Waals surface area contributed by atoms with Gasteiger partial charge in [0.05, 0.1) is 6.04 Å². The highest BCUT2D eigenvalue weighted by Gasteiger charge is 2.16. The number of carbonyl (C=O) groups excluding carboxylic acids is 1. The van der Waals surface area contributed by atoms with E-state index in [2.05, 4.69) is 22.1 Å². The number of aromatic nitrogens is 3. The molecule has 6 heteroatoms. The summed E-state index contributed by atoms with van der Waals surface area (Å²) < 4.78 is 2.32. The monoisotopic (exact) mass is 288 g/mol. The summed E-state index contributed by atoms with van der Waals surface area (Å²) >= 11 is 5.15. The summed E-state index contributed by atoms with van der Waals surface area (Å²) in [6.07, 6.45) is 1.74. The molecule has 1 heterocycles. The van der Waals surface area contributed by atoms with Gasteiger partial charge in [0.25, 0.3) is 5.91 Å². The molecule has 104 valence electrons. The van der Waals surface area contributed by atoms with Crippen molar-refractivity contribution in [3.63, 3.8) is 0 Å². The van der Waals surface area contributed by atoms with Crippen LogP contribution in [0, 0.1) is 4.77 Å². The minimum absolute atomic E-state index is 0.142. The first kappa shape index (κ1) is 14.2. The van der Waals surface area contributed by atoms with Crippen LogP contribution in [0.4, 0.5) is 0 Å². The van der Waals surface area contributed by atoms with Gasteiger partial charge in [-0.3, -0.25) is 14.5 Å². The third-order valence-corrected chi connectivity index (χ3v) is 3.18. The highest BCUT2D eigenvalue weighted by Crippen LogP contribution is 2.11. The standard InChI is InChI=1S/C14H16N4OS/c1-3-9-18-12(16-17-14(18)20)10(2)15-13(19)11-7-5-4-6-8-11/h3-8,10H,1,9H2,2H3,(H,15,19)(H,17,20). The molecule has 1 amide bonds. The Kier molecular flexibility index (Phi) is 4.47. The summed E-state index contributed by atoms with van der Waals surface area (Å²) in [4.78, 5) is 12.1. The van der Waals surface area contributed by atoms with Gasteiger partial charge in [0.1, 0.15) is 0 Å². The molecule has 1 aromatic carbocycles. The third-order valence-electron chi connectivity index (χ3n) is 2.87. The van der Waals surface area contributed by atoms with Crippen molar-refractivity contribution in [2.24, 2.45) is 0 Å². The van der Waals surface area contributed by atoms with E-state index in [9.17, 15) is 4.79 Å². The molecule has 1 unspecified atom stereocenters. The van der Waals surface area contributed by atoms with E-state index in [0.29, 0.717) is 22.7 Å². The molecule has 5 nitrogen and oxygen atoms in total. The lowest BCUT2D eigenvalue weighted by Crippen LogP contribution is -2.28. The number of nitrogens with zero attached hydrogens (tertiary/aromatic N) is 2. The molecule has 0 aliphatic heterocycles. The van der Waals surface area contributed by atoms with E-state index in [-0.39, 0.29) is 11.9 Å². The number of allylic oxidation sites excluding steroid dienone is 1. The van der Waals surface area contributed by atoms with Crippen LogP contribution < -0.4 is 5.32 Å². The predicted octanol–water partition coefficient (Wildman–Crippen LogP) is 2.62. The van der Waals surface area contributed by atoms with E-state index in [4.69, 9.17) is 12.2 Å². The second kappa shape index (κ2) is 6.29. The zero-order valence-corrected chi connectivity index (χ0v) is 12.0. The smallest absolute Gasteiger partial charge is 0.251 e. The summed E-state index contributed by atoms with van der Waals surface area (Å²) in [5, 5.41) is 9.80. The maximum absolute atomic E-state index is 12.1. The number of amides is 1. The molecule has 0 aliphatic carbocycles. The molecule has 0 bridgehead atoms. The van der Waals surface area contributed by atoms with Crippen molar-refractivity contribution < 1.29 is 4.79 Å². The highest BCUT2D eigenvalue weighted by atomic mass is 32.1. The molecule has 2 aromatic rings. The van der Waals surface area contributed by atoms with Gasteiger partial charge in [0, 0.05) is 12.1 Å². The quantitative estimate of drug-likeness (QED) is 0.656. The maximum atomic E-state index is 12.1. The lowest BCUT2D eigenvalue weighted by Gasteiger charge is -2.14. The SMILES string of the molecule is C=CCn1c(C(C)NC(=O)c2ccccc2)n[nH]c1=S. The first-order valence-electron chi connectivity index (χ1n) is 6.25. The Bertz CT molecular complexity index is 659. The van der Waals surface area contributed by atoms with Crippen LogP contribution in [-0.4, -0.2) is 20.7 Å². The van der Waals surface area contributed by atoms with Crippen LogP contribution in [0.3, 0.4) is 0 Å². The van der Waals surface area contributed by atoms with E-state index < -0.39 is 0 Å². The summed E-state index contributed by atoms with van der Waals surface area (Å²) in [5.74, 6) is 0.538. The Hall–Kier alpha value is -2.21. The summed E-state index contributed by atoms with van der Waals surface area (Å²) in [5.41, 5.74) is 0.615. The Morgan fingerprint density at radius 1 is 1.55 bits per heavy atom. The van der Waals surface area contributed by atoms with Crippen molar-refractivity contribution in [2.45, 2.75) is 19.5 Å². The van der Waals surface area contributed by atoms with Crippen LogP contribution >= 0.6 is 12.2 Å². The van der Waals surface area contributed by atoms with E-state index in [1.165, 1.54) is 0 Å². The first-order valence-corrected chi connectivity index (χ1v) is 6.66. The van der Waals surface area contributed by atoms with Gasteiger partial charge >= 0.3 is 0 Å². The van der Waals surface area contributed by atoms with E-state index in [1.54, 1.807) is 22.8 Å². The van der Waals surface area contributed by atoms with Crippen molar-refractivity contribution >= 4 is 18.1 Å². The summed E-state index contributed by atoms with van der Waals surface area (Å²) in [7, 11) is 0. The number of H-pyrrole nitrogens is 1. The van der Waals surface area contributed by atoms with Crippen molar-refractivity contribution in [1.82, 2.24) is 20.1 Å². The van der Waals surface area contributed by atoms with Crippen molar-refractivity contribution in [3.8, 4) is 0 Å². The van der Waals surface area contributed by atoms with Crippen LogP contribution in [0.2, 0.25) is 0 Å². The zero-order chi connectivity index (χ0) is 14.5. The lowest BCUT2D eigenvalue weighted by molar-refractivity contribution is 0.0937. The second-order valence-electron chi connectivity index (χ2n) is 4.35. The molecule has 0 radical (unpaired) electrons. The minimum Gasteiger partial charge on any atom is -0.342 e. The van der Waals surface area contributed by atoms with Gasteiger partial charge in [-0.05, 0) is 31.3 Å². The zero-order valence-electron chi connectivity index (χ0n) is 11.2. The molecule has 0 aliphatic rings. The number of hydrogen-bond donors (Lipinski definition) is 2. The van der Waals surface area contributed by atoms with Gasteiger partial charge in [0.15, 0.2) is 10.6 Å². The van der Waals surface area contributed by atoms with Gasteiger partial charge in [-0.1, -0.05) is 24.3 Å². The minimum atomic E-state index is -0.254. The number of rotatable bonds is 5. The van der Waals surface area contributed by atoms with Crippen LogP contribution in [0.1, 0.15) is 29.1 Å². The van der Waals surface area contributed by atoms with Crippen molar-refractivity contribution in [3.05, 3.63) is 59.1 Å². The molecule has 0 fully saturated rings. The third kappa shape index (κ3) is 3.03. The molecule has 0 spiro atoms. The number of benzene rings is 1. The molecule has 1 aromatic heterocycles. The molecule has 20 heavy (non-hydrogen) atoms. The molecular formula is C14H16N4OS. The van der Waals surface area contributed by atoms with Crippen molar-refractivity contribution in [2.75, 3.05) is 0 Å². The molecule has 2 rings (SSSR count). The normalized spacial score (nSPS) is 11.8. The van der Waals surface area contributed by atoms with Gasteiger partial charge in [-0.2, -0.15) is 5.10 Å². The van der Waals surface area contributed by atoms with Gasteiger partial charge < -0.3 is 5.32 Å². The molecule has 0 saturated carbocycles. The maximum Gasteiger partial charge on any atom is 0.251 e. The Labute approximate surface area is 122 Å². The van der Waals surface area contributed by atoms with E-state index in [0.717, 1.165) is 0 Å². The van der Waals surface area contributed by atoms with E-state index >= 15 is 0 Å². The molecular weight excluding hydrogens is 272 g/mol. The van der Waals surface area contributed by atoms with Gasteiger partial charge in [-0.15, -0.1) is 6.58 Å². The van der Waals surface area contributed by atoms with Crippen LogP contribution in [-0.2, 0) is 6.54 Å². The Balaban J connectivity index is 2.16. The van der Waals surface area contributed by atoms with Crippen LogP contribution in [0.15, 0.2) is 43.0 Å². The largest absolute Gasteiger partial charge is 0.342 e. The lowest BCUT2D eigenvalue weighted by atomic mass is 10.2. The fourth-order valence-corrected chi connectivity index (χ4v) is 2.11. The number of nitrogens with one attached hydrogen (secondary N) is 2. The van der Waals surface area contributed by atoms with Gasteiger partial charge in [-0.25, -0.2) is 0 Å². The van der Waals surface area contributed by atoms with E-state index in [1.807, 2.05) is 25.1 Å². The number of aromatic amines is 1. The van der Waals surface area contributed by atoms with Crippen LogP contribution in [0.25, 0.3) is 0 Å². The van der Waals surface area contributed by atoms with Gasteiger partial charge in [0.2, 0.25) is 0 Å². The molecule has 0 saturated heterocycles. The molecule has 1 atom stereocenters. The summed E-state index contributed by atoms with van der Waals surface area (Å²) in [6.45, 7) is 6.11. The average molecular weight is 288 g/mol. The number of carbonyl (C=O) groups is 1. The average Bonchev–Trinajstić information content (AvgIpc) is 2.82. The van der Waals surface area contributed by atoms with Crippen LogP contribution in [0.5, 0.6) is 0 Å². The topological polar surface area (TPSA) is 62.7 Å². The Morgan fingerprint density at radius 2 is 2.25 bits per heavy atom. The number of hydrogen-bond acceptors (Lipinski definition) is 3. The highest BCUT2D eigenvalue weighted by molar-refractivity contribution is 7.71. The molecule has 2 N–H and O–H groups in total. The summed E-state index contributed by atoms with van der Waals surface area (Å²) in [6, 6.07) is 8.80. The Morgan fingerprint density at radius 3 is 2.90 bits per heavy atom. The first-order chi connectivity index (χ1) is 9.63.